The maximum absolute atomic E-state index is 12.7. The number of rotatable bonds is 14. The Labute approximate surface area is 393 Å². The van der Waals surface area contributed by atoms with Crippen molar-refractivity contribution in [3.8, 4) is 0 Å². The number of benzene rings is 4. The molecule has 354 valence electrons. The SMILES string of the molecule is CN(C)c1nc(Cc2ccc(N[13C](=O)c3ccc(C(F)(F)F)cc3)cc2)n2ccnc2c1CC(=O)O.Cc1ccc([13C](=O)Nc2ccc(Cc3nc(N([13CH3])[13CH3])c(CC(=O)O)c4nccn34)cc2)cc1. The van der Waals surface area contributed by atoms with E-state index < -0.39 is 29.6 Å². The molecule has 0 radical (unpaired) electrons. The van der Waals surface area contributed by atoms with E-state index in [1.165, 1.54) is 0 Å². The van der Waals surface area contributed by atoms with Crippen molar-refractivity contribution in [1.29, 1.82) is 0 Å². The molecule has 0 aliphatic rings. The number of nitrogens with zero attached hydrogens (tertiary/aromatic N) is 8. The molecule has 0 aliphatic carbocycles. The zero-order valence-electron chi connectivity index (χ0n) is 38.1. The van der Waals surface area contributed by atoms with Crippen LogP contribution in [0.3, 0.4) is 0 Å². The molecule has 0 aliphatic heterocycles. The molecule has 0 atom stereocenters. The first kappa shape index (κ1) is 48.3. The molecule has 0 fully saturated rings. The van der Waals surface area contributed by atoms with Crippen molar-refractivity contribution in [3.63, 3.8) is 0 Å². The molecule has 19 heteroatoms. The molecular weight excluding hydrogens is 898 g/mol. The Morgan fingerprint density at radius 1 is 0.580 bits per heavy atom. The molecule has 4 N–H and O–H groups in total. The van der Waals surface area contributed by atoms with Crippen LogP contribution in [-0.2, 0) is 41.4 Å². The first-order valence-corrected chi connectivity index (χ1v) is 21.4. The lowest BCUT2D eigenvalue weighted by molar-refractivity contribution is -0.138. The number of halogens is 3. The van der Waals surface area contributed by atoms with Gasteiger partial charge in [-0.15, -0.1) is 0 Å². The maximum Gasteiger partial charge on any atom is 0.416 e. The van der Waals surface area contributed by atoms with Crippen LogP contribution in [0.15, 0.2) is 122 Å². The van der Waals surface area contributed by atoms with Crippen molar-refractivity contribution in [2.24, 2.45) is 0 Å². The van der Waals surface area contributed by atoms with Gasteiger partial charge in [-0.1, -0.05) is 42.0 Å². The van der Waals surface area contributed by atoms with E-state index in [0.29, 0.717) is 69.7 Å². The predicted octanol–water partition coefficient (Wildman–Crippen LogP) is 7.86. The van der Waals surface area contributed by atoms with Crippen LogP contribution in [0, 0.1) is 6.92 Å². The number of amides is 2. The Balaban J connectivity index is 0.000000205. The minimum Gasteiger partial charge on any atom is -0.481 e. The standard InChI is InChI=1S/C25H22F3N5O3.C25H25N5O3/c1-32(2)23-19(14-21(34)35)22-29-11-12-33(22)20(31-23)13-15-3-9-18(10-4-15)30-24(36)16-5-7-17(8-6-16)25(26,27)28;1-16-4-8-18(9-5-16)25(33)27-19-10-6-17(7-11-19)14-21-28-24(29(2)3)20(15-22(31)32)23-26-12-13-30(21)23/h3-12H,13-14H2,1-2H3,(H,30,36)(H,34,35);4-13H,14-15H2,1-3H3,(H,27,33)(H,31,32)/i24+1;2+1,3+1,25+1. The van der Waals surface area contributed by atoms with Crippen molar-refractivity contribution in [3.05, 3.63) is 178 Å². The fraction of sp³-hybridized carbons (Fsp3) is 0.200. The smallest absolute Gasteiger partial charge is 0.416 e. The summed E-state index contributed by atoms with van der Waals surface area (Å²) in [5.41, 5.74) is 6.26. The van der Waals surface area contributed by atoms with E-state index in [9.17, 15) is 42.6 Å². The highest BCUT2D eigenvalue weighted by Crippen LogP contribution is 2.30. The minimum absolute atomic E-state index is 0.108. The van der Waals surface area contributed by atoms with Crippen molar-refractivity contribution in [2.45, 2.75) is 38.8 Å². The lowest BCUT2D eigenvalue weighted by Gasteiger charge is -2.18. The number of aromatic nitrogens is 6. The number of hydrogen-bond donors (Lipinski definition) is 4. The predicted molar refractivity (Wildman–Crippen MR) is 254 cm³/mol. The lowest BCUT2D eigenvalue weighted by Crippen LogP contribution is -2.19. The Hall–Kier alpha value is -8.61. The zero-order chi connectivity index (χ0) is 49.6. The van der Waals surface area contributed by atoms with Crippen LogP contribution >= 0.6 is 0 Å². The van der Waals surface area contributed by atoms with Crippen molar-refractivity contribution in [1.82, 2.24) is 28.7 Å². The molecule has 2 amide bonds. The van der Waals surface area contributed by atoms with Crippen molar-refractivity contribution < 1.29 is 42.6 Å². The van der Waals surface area contributed by atoms with Crippen LogP contribution in [0.1, 0.15) is 65.7 Å². The third kappa shape index (κ3) is 11.7. The first-order chi connectivity index (χ1) is 32.8. The molecule has 4 aromatic carbocycles. The van der Waals surface area contributed by atoms with Gasteiger partial charge in [0.2, 0.25) is 0 Å². The highest BCUT2D eigenvalue weighted by atomic mass is 19.4. The zero-order valence-corrected chi connectivity index (χ0v) is 38.1. The number of carboxylic acid groups (broad SMARTS) is 2. The molecule has 4 heterocycles. The largest absolute Gasteiger partial charge is 0.481 e. The van der Waals surface area contributed by atoms with Crippen LogP contribution in [0.4, 0.5) is 36.2 Å². The Morgan fingerprint density at radius 2 is 0.957 bits per heavy atom. The van der Waals surface area contributed by atoms with Gasteiger partial charge in [-0.05, 0) is 78.7 Å². The number of aliphatic carboxylic acids is 2. The summed E-state index contributed by atoms with van der Waals surface area (Å²) in [4.78, 5) is 69.3. The summed E-state index contributed by atoms with van der Waals surface area (Å²) in [5.74, 6) is -0.0809. The second-order valence-electron chi connectivity index (χ2n) is 16.4. The van der Waals surface area contributed by atoms with Crippen LogP contribution in [-0.4, -0.2) is 90.9 Å². The summed E-state index contributed by atoms with van der Waals surface area (Å²) in [6.45, 7) is 1.98. The molecule has 0 spiro atoms. The molecule has 8 rings (SSSR count). The Morgan fingerprint density at radius 3 is 1.30 bits per heavy atom. The third-order valence-electron chi connectivity index (χ3n) is 10.8. The van der Waals surface area contributed by atoms with Gasteiger partial charge >= 0.3 is 18.1 Å². The van der Waals surface area contributed by atoms with Gasteiger partial charge in [-0.2, -0.15) is 13.2 Å². The van der Waals surface area contributed by atoms with Gasteiger partial charge in [0.15, 0.2) is 0 Å². The highest BCUT2D eigenvalue weighted by molar-refractivity contribution is 6.05. The number of aryl methyl sites for hydroxylation is 1. The van der Waals surface area contributed by atoms with Gasteiger partial charge in [0.1, 0.15) is 34.6 Å². The summed E-state index contributed by atoms with van der Waals surface area (Å²) in [7, 11) is 7.24. The van der Waals surface area contributed by atoms with Gasteiger partial charge in [0.25, 0.3) is 11.8 Å². The van der Waals surface area contributed by atoms with Crippen LogP contribution in [0.5, 0.6) is 0 Å². The van der Waals surface area contributed by atoms with Crippen molar-refractivity contribution in [2.75, 3.05) is 48.6 Å². The number of nitrogens with one attached hydrogen (secondary N) is 2. The van der Waals surface area contributed by atoms with Crippen molar-refractivity contribution >= 4 is 58.1 Å². The monoisotopic (exact) mass is 944 g/mol. The van der Waals surface area contributed by atoms with Gasteiger partial charge in [0, 0.05) is 99.4 Å². The minimum atomic E-state index is -4.47. The van der Waals surface area contributed by atoms with Gasteiger partial charge in [-0.3, -0.25) is 28.0 Å². The number of carboxylic acids is 2. The molecule has 69 heavy (non-hydrogen) atoms. The van der Waals surface area contributed by atoms with E-state index in [0.717, 1.165) is 46.8 Å². The van der Waals surface area contributed by atoms with Crippen LogP contribution < -0.4 is 20.4 Å². The van der Waals surface area contributed by atoms with E-state index >= 15 is 0 Å². The molecule has 0 saturated heterocycles. The number of hydrogen-bond acceptors (Lipinski definition) is 10. The lowest BCUT2D eigenvalue weighted by atomic mass is 10.1. The normalized spacial score (nSPS) is 11.2. The molecule has 0 bridgehead atoms. The van der Waals surface area contributed by atoms with E-state index in [2.05, 4.69) is 20.6 Å². The average molecular weight is 945 g/mol. The fourth-order valence-electron chi connectivity index (χ4n) is 7.46. The second kappa shape index (κ2) is 20.5. The fourth-order valence-corrected chi connectivity index (χ4v) is 7.46. The molecule has 8 aromatic rings. The quantitative estimate of drug-likeness (QED) is 0.0771. The second-order valence-corrected chi connectivity index (χ2v) is 16.4. The van der Waals surface area contributed by atoms with E-state index in [1.807, 2.05) is 61.8 Å². The van der Waals surface area contributed by atoms with Gasteiger partial charge in [0.05, 0.1) is 18.4 Å². The molecule has 0 unspecified atom stereocenters. The number of carbonyl (C=O) groups is 4. The number of carbonyl (C=O) groups excluding carboxylic acids is 2. The van der Waals surface area contributed by atoms with E-state index in [1.54, 1.807) is 89.5 Å². The molecule has 4 aromatic heterocycles. The topological polar surface area (TPSA) is 200 Å². The first-order valence-electron chi connectivity index (χ1n) is 21.4. The summed E-state index contributed by atoms with van der Waals surface area (Å²) >= 11 is 0. The Kier molecular flexibility index (Phi) is 14.4. The number of alkyl halides is 3. The van der Waals surface area contributed by atoms with Crippen LogP contribution in [0.2, 0.25) is 0 Å². The highest BCUT2D eigenvalue weighted by Gasteiger charge is 2.30. The van der Waals surface area contributed by atoms with E-state index in [4.69, 9.17) is 9.97 Å². The summed E-state index contributed by atoms with van der Waals surface area (Å²) in [5, 5.41) is 24.2. The average Bonchev–Trinajstić information content (AvgIpc) is 4.01. The number of imidazole rings is 2. The number of fused-ring (bicyclic) bond motifs is 2. The Bertz CT molecular complexity index is 3150. The number of anilines is 4. The van der Waals surface area contributed by atoms with Gasteiger partial charge in [-0.25, -0.2) is 19.9 Å². The molecule has 0 saturated carbocycles. The summed E-state index contributed by atoms with van der Waals surface area (Å²) in [6, 6.07) is 26.0. The third-order valence-corrected chi connectivity index (χ3v) is 10.8. The molecular formula is C50H47F3N10O6. The van der Waals surface area contributed by atoms with Gasteiger partial charge < -0.3 is 30.6 Å². The summed E-state index contributed by atoms with van der Waals surface area (Å²) < 4.78 is 41.8. The summed E-state index contributed by atoms with van der Waals surface area (Å²) in [6.07, 6.45) is 2.85. The van der Waals surface area contributed by atoms with Crippen LogP contribution in [0.25, 0.3) is 11.3 Å². The van der Waals surface area contributed by atoms with E-state index in [-0.39, 0.29) is 24.3 Å². The molecule has 16 nitrogen and oxygen atoms in total. The maximum atomic E-state index is 12.7.